The lowest BCUT2D eigenvalue weighted by atomic mass is 9.66. The Morgan fingerprint density at radius 1 is 1.31 bits per heavy atom. The molecule has 1 saturated heterocycles. The second-order valence-electron chi connectivity index (χ2n) is 10.9. The lowest BCUT2D eigenvalue weighted by Crippen LogP contribution is -2.58. The highest BCUT2D eigenvalue weighted by Crippen LogP contribution is 2.48. The van der Waals surface area contributed by atoms with Crippen molar-refractivity contribution in [2.75, 3.05) is 38.2 Å². The summed E-state index contributed by atoms with van der Waals surface area (Å²) in [4.78, 5) is 12.0. The number of aliphatic hydroxyl groups excluding tert-OH is 2. The van der Waals surface area contributed by atoms with Crippen molar-refractivity contribution >= 4 is 28.7 Å². The van der Waals surface area contributed by atoms with Crippen LogP contribution in [0.1, 0.15) is 50.8 Å². The van der Waals surface area contributed by atoms with Crippen molar-refractivity contribution < 1.29 is 14.9 Å². The average Bonchev–Trinajstić information content (AvgIpc) is 2.88. The van der Waals surface area contributed by atoms with Gasteiger partial charge in [-0.1, -0.05) is 11.6 Å². The first kappa shape index (κ1) is 28.8. The Kier molecular flexibility index (Phi) is 8.80. The van der Waals surface area contributed by atoms with Crippen LogP contribution in [0.15, 0.2) is 24.0 Å². The molecule has 0 unspecified atom stereocenters. The number of nitrogens with zero attached hydrogens (tertiary/aromatic N) is 4. The van der Waals surface area contributed by atoms with Gasteiger partial charge >= 0.3 is 0 Å². The van der Waals surface area contributed by atoms with E-state index in [4.69, 9.17) is 31.7 Å². The third kappa shape index (κ3) is 6.19. The van der Waals surface area contributed by atoms with E-state index in [0.29, 0.717) is 40.0 Å². The minimum absolute atomic E-state index is 0.0119. The molecule has 0 radical (unpaired) electrons. The highest BCUT2D eigenvalue weighted by Gasteiger charge is 2.46. The van der Waals surface area contributed by atoms with Crippen LogP contribution in [-0.2, 0) is 0 Å². The number of allylic oxidation sites excluding steroid dienone is 2. The fourth-order valence-corrected chi connectivity index (χ4v) is 5.84. The lowest BCUT2D eigenvalue weighted by Gasteiger charge is -2.54. The third-order valence-corrected chi connectivity index (χ3v) is 8.07. The Morgan fingerprint density at radius 2 is 2.00 bits per heavy atom. The number of hydrogen-bond donors (Lipinski definition) is 4. The molecule has 10 heteroatoms. The number of aromatic nitrogens is 2. The molecule has 1 saturated carbocycles. The van der Waals surface area contributed by atoms with Crippen molar-refractivity contribution in [1.29, 1.82) is 10.7 Å². The van der Waals surface area contributed by atoms with Crippen molar-refractivity contribution in [3.05, 3.63) is 40.2 Å². The molecule has 1 spiro atoms. The van der Waals surface area contributed by atoms with E-state index >= 15 is 0 Å². The van der Waals surface area contributed by atoms with Gasteiger partial charge in [0.2, 0.25) is 0 Å². The highest BCUT2D eigenvalue weighted by atomic mass is 35.5. The molecule has 1 aromatic carbocycles. The number of aliphatic hydroxyl groups is 2. The molecular formula is C29H37ClN6O3. The molecule has 0 bridgehead atoms. The molecule has 2 aliphatic rings. The van der Waals surface area contributed by atoms with Crippen LogP contribution in [0.2, 0.25) is 5.02 Å². The maximum absolute atomic E-state index is 10.5. The molecule has 208 valence electrons. The summed E-state index contributed by atoms with van der Waals surface area (Å²) in [6.07, 6.45) is 3.24. The van der Waals surface area contributed by atoms with Gasteiger partial charge in [-0.25, -0.2) is 9.97 Å². The Balaban J connectivity index is 1.72. The number of halogens is 1. The van der Waals surface area contributed by atoms with Crippen molar-refractivity contribution in [1.82, 2.24) is 15.3 Å². The number of anilines is 1. The Bertz CT molecular complexity index is 1300. The van der Waals surface area contributed by atoms with Gasteiger partial charge in [0.25, 0.3) is 0 Å². The lowest BCUT2D eigenvalue weighted by molar-refractivity contribution is 0.108. The summed E-state index contributed by atoms with van der Waals surface area (Å²) in [5, 5.41) is 41.5. The fraction of sp³-hybridized carbons (Fsp3) is 0.517. The Hall–Kier alpha value is -3.19. The summed E-state index contributed by atoms with van der Waals surface area (Å²) < 4.78 is 5.80. The van der Waals surface area contributed by atoms with E-state index in [1.165, 1.54) is 0 Å². The minimum atomic E-state index is -0.666. The third-order valence-electron chi connectivity index (χ3n) is 7.74. The van der Waals surface area contributed by atoms with Crippen LogP contribution < -0.4 is 15.0 Å². The second-order valence-corrected chi connectivity index (χ2v) is 11.3. The number of nitrogens with one attached hydrogen (secondary N) is 2. The largest absolute Gasteiger partial charge is 0.512 e. The van der Waals surface area contributed by atoms with E-state index < -0.39 is 6.10 Å². The first-order chi connectivity index (χ1) is 18.6. The molecular weight excluding hydrogens is 516 g/mol. The number of nitriles is 1. The number of ether oxygens (including phenoxy) is 1. The maximum atomic E-state index is 10.5. The van der Waals surface area contributed by atoms with Gasteiger partial charge in [0.15, 0.2) is 5.82 Å². The van der Waals surface area contributed by atoms with Gasteiger partial charge in [-0.3, -0.25) is 0 Å². The minimum Gasteiger partial charge on any atom is -0.512 e. The predicted octanol–water partition coefficient (Wildman–Crippen LogP) is 4.91. The van der Waals surface area contributed by atoms with Crippen LogP contribution in [0.5, 0.6) is 5.75 Å². The zero-order valence-electron chi connectivity index (χ0n) is 23.0. The summed E-state index contributed by atoms with van der Waals surface area (Å²) in [5.41, 5.74) is 2.58. The highest BCUT2D eigenvalue weighted by molar-refractivity contribution is 6.33. The average molecular weight is 553 g/mol. The standard InChI is InChI=1S/C29H37ClN6O3/c1-17-26(25(18(2)32)19(3)37)34-27(23-11-22(5-6-24(23)30)39-14-21(38)13-33-4)35-28(17)36-15-29(16-36)9-7-20(12-31)8-10-29/h5-6,11,20-21,32-33,37-38H,7-10,13-16H2,1-4H3/b25-19+,32-18?/t21-/m1/s1. The molecule has 2 heterocycles. The second kappa shape index (κ2) is 11.9. The van der Waals surface area contributed by atoms with Crippen molar-refractivity contribution in [2.45, 2.75) is 52.6 Å². The number of benzene rings is 1. The maximum Gasteiger partial charge on any atom is 0.163 e. The summed E-state index contributed by atoms with van der Waals surface area (Å²) >= 11 is 6.63. The van der Waals surface area contributed by atoms with Gasteiger partial charge in [-0.15, -0.1) is 0 Å². The topological polar surface area (TPSA) is 138 Å². The van der Waals surface area contributed by atoms with Gasteiger partial charge in [-0.05, 0) is 71.7 Å². The van der Waals surface area contributed by atoms with Crippen molar-refractivity contribution in [2.24, 2.45) is 11.3 Å². The molecule has 2 fully saturated rings. The van der Waals surface area contributed by atoms with Crippen molar-refractivity contribution in [3.8, 4) is 23.2 Å². The molecule has 1 aliphatic heterocycles. The van der Waals surface area contributed by atoms with Crippen LogP contribution in [0, 0.1) is 35.0 Å². The molecule has 4 rings (SSSR count). The number of likely N-dealkylation sites (N-methyl/N-ethyl adjacent to an activating group) is 1. The van der Waals surface area contributed by atoms with Gasteiger partial charge in [-0.2, -0.15) is 5.26 Å². The monoisotopic (exact) mass is 552 g/mol. The van der Waals surface area contributed by atoms with Crippen molar-refractivity contribution in [3.63, 3.8) is 0 Å². The number of hydrogen-bond acceptors (Lipinski definition) is 9. The van der Waals surface area contributed by atoms with Crippen LogP contribution in [0.3, 0.4) is 0 Å². The van der Waals surface area contributed by atoms with Crippen LogP contribution in [0.4, 0.5) is 5.82 Å². The van der Waals surface area contributed by atoms with E-state index in [1.807, 2.05) is 6.92 Å². The van der Waals surface area contributed by atoms with Crippen LogP contribution >= 0.6 is 11.6 Å². The zero-order valence-corrected chi connectivity index (χ0v) is 23.8. The summed E-state index contributed by atoms with van der Waals surface area (Å²) in [6, 6.07) is 7.61. The van der Waals surface area contributed by atoms with E-state index in [-0.39, 0.29) is 29.4 Å². The molecule has 39 heavy (non-hydrogen) atoms. The normalized spacial score (nSPS) is 18.2. The molecule has 1 atom stereocenters. The van der Waals surface area contributed by atoms with E-state index in [0.717, 1.165) is 50.2 Å². The zero-order chi connectivity index (χ0) is 28.3. The molecule has 1 aliphatic carbocycles. The first-order valence-corrected chi connectivity index (χ1v) is 13.7. The van der Waals surface area contributed by atoms with Gasteiger partial charge in [0.05, 0.1) is 22.4 Å². The first-order valence-electron chi connectivity index (χ1n) is 13.3. The SMILES string of the molecule is CNC[C@@H](O)COc1ccc(Cl)c(-c2nc(/C(C(C)=N)=C(\C)O)c(C)c(N3CC4(CCC(C#N)CC4)C3)n2)c1. The van der Waals surface area contributed by atoms with Crippen LogP contribution in [-0.4, -0.2) is 65.3 Å². The molecule has 2 aromatic rings. The van der Waals surface area contributed by atoms with Crippen LogP contribution in [0.25, 0.3) is 17.0 Å². The Morgan fingerprint density at radius 3 is 2.59 bits per heavy atom. The van der Waals surface area contributed by atoms with Gasteiger partial charge < -0.3 is 30.6 Å². The van der Waals surface area contributed by atoms with Gasteiger partial charge in [0, 0.05) is 47.8 Å². The number of rotatable bonds is 9. The molecule has 4 N–H and O–H groups in total. The Labute approximate surface area is 235 Å². The molecule has 9 nitrogen and oxygen atoms in total. The van der Waals surface area contributed by atoms with E-state index in [9.17, 15) is 15.5 Å². The fourth-order valence-electron chi connectivity index (χ4n) is 5.64. The molecule has 1 aromatic heterocycles. The van der Waals surface area contributed by atoms with Gasteiger partial charge in [0.1, 0.15) is 30.0 Å². The van der Waals surface area contributed by atoms with E-state index in [1.54, 1.807) is 39.1 Å². The summed E-state index contributed by atoms with van der Waals surface area (Å²) in [6.45, 7) is 7.28. The summed E-state index contributed by atoms with van der Waals surface area (Å²) in [7, 11) is 1.76. The van der Waals surface area contributed by atoms with E-state index in [2.05, 4.69) is 16.3 Å². The quantitative estimate of drug-likeness (QED) is 0.254. The smallest absolute Gasteiger partial charge is 0.163 e. The predicted molar refractivity (Wildman–Crippen MR) is 153 cm³/mol. The molecule has 0 amide bonds. The summed E-state index contributed by atoms with van der Waals surface area (Å²) in [5.74, 6) is 1.79.